The first-order chi connectivity index (χ1) is 11.3. The van der Waals surface area contributed by atoms with Gasteiger partial charge in [0.05, 0.1) is 23.2 Å². The molecule has 1 N–H and O–H groups in total. The van der Waals surface area contributed by atoms with Crippen LogP contribution in [-0.2, 0) is 6.42 Å². The Morgan fingerprint density at radius 1 is 1.30 bits per heavy atom. The minimum atomic E-state index is -0.307. The van der Waals surface area contributed by atoms with Gasteiger partial charge in [-0.1, -0.05) is 29.5 Å². The van der Waals surface area contributed by atoms with Crippen LogP contribution < -0.4 is 5.32 Å². The Morgan fingerprint density at radius 3 is 3.04 bits per heavy atom. The zero-order valence-corrected chi connectivity index (χ0v) is 12.2. The number of fused-ring (bicyclic) bond motifs is 2. The fourth-order valence-electron chi connectivity index (χ4n) is 3.06. The third kappa shape index (κ3) is 2.23. The lowest BCUT2D eigenvalue weighted by Crippen LogP contribution is -2.32. The molecule has 1 aromatic heterocycles. The van der Waals surface area contributed by atoms with Gasteiger partial charge in [0.15, 0.2) is 0 Å². The van der Waals surface area contributed by atoms with E-state index in [9.17, 15) is 4.79 Å². The Bertz CT molecular complexity index is 953. The second-order valence-electron chi connectivity index (χ2n) is 5.56. The second-order valence-corrected chi connectivity index (χ2v) is 5.56. The van der Waals surface area contributed by atoms with Gasteiger partial charge in [-0.3, -0.25) is 0 Å². The number of aryl methyl sites for hydroxylation is 1. The molecule has 1 aliphatic carbocycles. The summed E-state index contributed by atoms with van der Waals surface area (Å²) in [5.41, 5.74) is 4.06. The molecule has 0 saturated carbocycles. The molecular weight excluding hydrogens is 290 g/mol. The highest BCUT2D eigenvalue weighted by atomic mass is 16.2. The van der Waals surface area contributed by atoms with Crippen LogP contribution in [0.15, 0.2) is 42.5 Å². The van der Waals surface area contributed by atoms with E-state index < -0.39 is 0 Å². The molecule has 0 radical (unpaired) electrons. The Labute approximate surface area is 132 Å². The Morgan fingerprint density at radius 2 is 2.17 bits per heavy atom. The van der Waals surface area contributed by atoms with Crippen LogP contribution in [0.4, 0.5) is 4.79 Å². The van der Waals surface area contributed by atoms with E-state index in [-0.39, 0.29) is 12.1 Å². The molecule has 1 aliphatic rings. The molecule has 0 aliphatic heterocycles. The van der Waals surface area contributed by atoms with Crippen molar-refractivity contribution >= 4 is 17.1 Å². The van der Waals surface area contributed by atoms with Gasteiger partial charge in [-0.25, -0.2) is 4.79 Å². The van der Waals surface area contributed by atoms with Crippen molar-refractivity contribution in [3.8, 4) is 6.07 Å². The quantitative estimate of drug-likeness (QED) is 0.748. The van der Waals surface area contributed by atoms with Crippen molar-refractivity contribution < 1.29 is 4.79 Å². The van der Waals surface area contributed by atoms with E-state index in [1.807, 2.05) is 24.3 Å². The van der Waals surface area contributed by atoms with Crippen LogP contribution in [-0.4, -0.2) is 21.0 Å². The van der Waals surface area contributed by atoms with Crippen LogP contribution in [0.2, 0.25) is 0 Å². The molecule has 0 spiro atoms. The first-order valence-corrected chi connectivity index (χ1v) is 7.40. The molecule has 23 heavy (non-hydrogen) atoms. The fraction of sp³-hybridized carbons (Fsp3) is 0.176. The number of nitrogens with zero attached hydrogens (tertiary/aromatic N) is 4. The predicted octanol–water partition coefficient (Wildman–Crippen LogP) is 2.55. The van der Waals surface area contributed by atoms with E-state index in [1.165, 1.54) is 10.2 Å². The van der Waals surface area contributed by atoms with E-state index in [2.05, 4.69) is 21.7 Å². The molecule has 4 rings (SSSR count). The van der Waals surface area contributed by atoms with Crippen molar-refractivity contribution in [2.24, 2.45) is 0 Å². The maximum Gasteiger partial charge on any atom is 0.344 e. The highest BCUT2D eigenvalue weighted by Crippen LogP contribution is 2.30. The normalized spacial score (nSPS) is 16.0. The molecular formula is C17H13N5O. The minimum Gasteiger partial charge on any atom is -0.329 e. The van der Waals surface area contributed by atoms with Crippen LogP contribution in [0.3, 0.4) is 0 Å². The third-order valence-corrected chi connectivity index (χ3v) is 4.20. The van der Waals surface area contributed by atoms with E-state index in [0.717, 1.165) is 18.4 Å². The lowest BCUT2D eigenvalue weighted by atomic mass is 10.1. The van der Waals surface area contributed by atoms with Gasteiger partial charge in [0.2, 0.25) is 0 Å². The predicted molar refractivity (Wildman–Crippen MR) is 83.7 cm³/mol. The average Bonchev–Trinajstić information content (AvgIpc) is 3.18. The summed E-state index contributed by atoms with van der Waals surface area (Å²) in [6.45, 7) is 0. The summed E-state index contributed by atoms with van der Waals surface area (Å²) in [6.07, 6.45) is 1.85. The molecule has 0 unspecified atom stereocenters. The summed E-state index contributed by atoms with van der Waals surface area (Å²) >= 11 is 0. The summed E-state index contributed by atoms with van der Waals surface area (Å²) in [7, 11) is 0. The number of hydrogen-bond donors (Lipinski definition) is 1. The molecule has 0 bridgehead atoms. The number of carbonyl (C=O) groups is 1. The second kappa shape index (κ2) is 5.21. The lowest BCUT2D eigenvalue weighted by Gasteiger charge is -2.13. The number of hydrogen-bond acceptors (Lipinski definition) is 4. The fourth-order valence-corrected chi connectivity index (χ4v) is 3.06. The van der Waals surface area contributed by atoms with Crippen molar-refractivity contribution in [1.29, 1.82) is 5.26 Å². The van der Waals surface area contributed by atoms with Gasteiger partial charge < -0.3 is 5.32 Å². The average molecular weight is 303 g/mol. The van der Waals surface area contributed by atoms with Gasteiger partial charge in [0.25, 0.3) is 0 Å². The number of amides is 1. The highest BCUT2D eigenvalue weighted by molar-refractivity contribution is 5.88. The van der Waals surface area contributed by atoms with Crippen LogP contribution in [0.25, 0.3) is 11.0 Å². The highest BCUT2D eigenvalue weighted by Gasteiger charge is 2.24. The standard InChI is InChI=1S/C17H13N5O/c18-10-11-5-8-16-15(9-11)20-21-22(16)17(23)19-14-7-6-12-3-1-2-4-13(12)14/h1-5,8-9,14H,6-7H2,(H,19,23)/t14-/m1/s1. The Kier molecular flexibility index (Phi) is 3.05. The topological polar surface area (TPSA) is 83.6 Å². The Balaban J connectivity index is 1.62. The van der Waals surface area contributed by atoms with Gasteiger partial charge in [0.1, 0.15) is 5.52 Å². The largest absolute Gasteiger partial charge is 0.344 e. The monoisotopic (exact) mass is 303 g/mol. The maximum absolute atomic E-state index is 12.5. The zero-order chi connectivity index (χ0) is 15.8. The molecule has 1 heterocycles. The van der Waals surface area contributed by atoms with Gasteiger partial charge in [-0.15, -0.1) is 5.10 Å². The van der Waals surface area contributed by atoms with Crippen LogP contribution >= 0.6 is 0 Å². The summed E-state index contributed by atoms with van der Waals surface area (Å²) in [5.74, 6) is 0. The van der Waals surface area contributed by atoms with Crippen molar-refractivity contribution in [3.05, 3.63) is 59.2 Å². The Hall–Kier alpha value is -3.20. The van der Waals surface area contributed by atoms with Crippen molar-refractivity contribution in [3.63, 3.8) is 0 Å². The van der Waals surface area contributed by atoms with Crippen LogP contribution in [0, 0.1) is 11.3 Å². The lowest BCUT2D eigenvalue weighted by molar-refractivity contribution is 0.236. The van der Waals surface area contributed by atoms with Gasteiger partial charge in [-0.05, 0) is 42.2 Å². The number of benzene rings is 2. The number of nitriles is 1. The third-order valence-electron chi connectivity index (χ3n) is 4.20. The maximum atomic E-state index is 12.5. The summed E-state index contributed by atoms with van der Waals surface area (Å²) < 4.78 is 1.25. The molecule has 6 heteroatoms. The molecule has 0 fully saturated rings. The van der Waals surface area contributed by atoms with Crippen LogP contribution in [0.1, 0.15) is 29.2 Å². The molecule has 3 aromatic rings. The van der Waals surface area contributed by atoms with E-state index in [4.69, 9.17) is 5.26 Å². The first-order valence-electron chi connectivity index (χ1n) is 7.40. The minimum absolute atomic E-state index is 0.00340. The van der Waals surface area contributed by atoms with Crippen molar-refractivity contribution in [1.82, 2.24) is 20.3 Å². The number of carbonyl (C=O) groups excluding carboxylic acids is 1. The molecule has 2 aromatic carbocycles. The van der Waals surface area contributed by atoms with E-state index >= 15 is 0 Å². The first kappa shape index (κ1) is 13.5. The van der Waals surface area contributed by atoms with Gasteiger partial charge in [-0.2, -0.15) is 9.94 Å². The summed E-state index contributed by atoms with van der Waals surface area (Å²) in [4.78, 5) is 12.5. The molecule has 1 atom stereocenters. The molecule has 1 amide bonds. The summed E-state index contributed by atoms with van der Waals surface area (Å²) in [6, 6.07) is 14.8. The molecule has 0 saturated heterocycles. The molecule has 112 valence electrons. The molecule has 6 nitrogen and oxygen atoms in total. The number of nitrogens with one attached hydrogen (secondary N) is 1. The van der Waals surface area contributed by atoms with Gasteiger partial charge >= 0.3 is 6.03 Å². The van der Waals surface area contributed by atoms with Crippen molar-refractivity contribution in [2.75, 3.05) is 0 Å². The van der Waals surface area contributed by atoms with E-state index in [0.29, 0.717) is 16.6 Å². The number of rotatable bonds is 1. The van der Waals surface area contributed by atoms with E-state index in [1.54, 1.807) is 18.2 Å². The zero-order valence-electron chi connectivity index (χ0n) is 12.2. The van der Waals surface area contributed by atoms with Crippen molar-refractivity contribution in [2.45, 2.75) is 18.9 Å². The van der Waals surface area contributed by atoms with Crippen LogP contribution in [0.5, 0.6) is 0 Å². The van der Waals surface area contributed by atoms with Gasteiger partial charge in [0, 0.05) is 0 Å². The summed E-state index contributed by atoms with van der Waals surface area (Å²) in [5, 5.41) is 19.8. The SMILES string of the molecule is N#Cc1ccc2c(c1)nnn2C(=O)N[C@@H]1CCc2ccccc21. The smallest absolute Gasteiger partial charge is 0.329 e. The number of aromatic nitrogens is 3.